The van der Waals surface area contributed by atoms with Crippen LogP contribution in [-0.4, -0.2) is 17.2 Å². The van der Waals surface area contributed by atoms with Crippen LogP contribution in [0.1, 0.15) is 88.7 Å². The number of rotatable bonds is 13. The Hall–Kier alpha value is -1.51. The third-order valence-electron chi connectivity index (χ3n) is 6.43. The van der Waals surface area contributed by atoms with Crippen molar-refractivity contribution < 1.29 is 14.6 Å². The summed E-state index contributed by atoms with van der Waals surface area (Å²) in [6.45, 7) is 2.99. The summed E-state index contributed by atoms with van der Waals surface area (Å²) < 4.78 is 5.18. The van der Waals surface area contributed by atoms with E-state index in [0.717, 1.165) is 50.5 Å². The molecule has 0 heterocycles. The lowest BCUT2D eigenvalue weighted by Crippen LogP contribution is -2.12. The molecule has 3 heteroatoms. The average molecular weight is 359 g/mol. The summed E-state index contributed by atoms with van der Waals surface area (Å²) in [6.07, 6.45) is 15.1. The minimum atomic E-state index is -0.134. The van der Waals surface area contributed by atoms with Crippen LogP contribution in [0.5, 0.6) is 5.75 Å². The molecule has 2 aliphatic carbocycles. The van der Waals surface area contributed by atoms with Crippen molar-refractivity contribution in [2.75, 3.05) is 0 Å². The fraction of sp³-hybridized carbons (Fsp3) is 0.696. The van der Waals surface area contributed by atoms with Gasteiger partial charge in [0.15, 0.2) is 0 Å². The zero-order valence-electron chi connectivity index (χ0n) is 16.3. The van der Waals surface area contributed by atoms with Crippen LogP contribution >= 0.6 is 0 Å². The number of hydrogen-bond donors (Lipinski definition) is 1. The van der Waals surface area contributed by atoms with Crippen molar-refractivity contribution in [1.82, 2.24) is 0 Å². The third kappa shape index (κ3) is 5.75. The zero-order valence-corrected chi connectivity index (χ0v) is 16.3. The number of phenols is 1. The molecule has 26 heavy (non-hydrogen) atoms. The molecule has 0 radical (unpaired) electrons. The summed E-state index contributed by atoms with van der Waals surface area (Å²) in [5.74, 6) is 0.458. The first-order valence-electron chi connectivity index (χ1n) is 10.5. The van der Waals surface area contributed by atoms with Gasteiger partial charge in [0, 0.05) is 0 Å². The van der Waals surface area contributed by atoms with Gasteiger partial charge in [-0.1, -0.05) is 31.9 Å². The van der Waals surface area contributed by atoms with Gasteiger partial charge in [-0.05, 0) is 93.2 Å². The molecule has 3 nitrogen and oxygen atoms in total. The van der Waals surface area contributed by atoms with E-state index in [-0.39, 0.29) is 5.60 Å². The van der Waals surface area contributed by atoms with Crippen LogP contribution in [0.15, 0.2) is 18.2 Å². The summed E-state index contributed by atoms with van der Waals surface area (Å²) in [6, 6.07) is 6.20. The number of unbranched alkanes of at least 4 members (excludes halogenated alkanes) is 3. The maximum absolute atomic E-state index is 10.5. The van der Waals surface area contributed by atoms with Gasteiger partial charge in [-0.25, -0.2) is 0 Å². The Kier molecular flexibility index (Phi) is 6.26. The molecule has 0 atom stereocenters. The second-order valence-corrected chi connectivity index (χ2v) is 8.94. The average Bonchev–Trinajstić information content (AvgIpc) is 3.53. The monoisotopic (exact) mass is 358 g/mol. The highest BCUT2D eigenvalue weighted by Crippen LogP contribution is 2.49. The van der Waals surface area contributed by atoms with Crippen molar-refractivity contribution in [2.24, 2.45) is 5.41 Å². The summed E-state index contributed by atoms with van der Waals surface area (Å²) in [5.41, 5.74) is 2.82. The van der Waals surface area contributed by atoms with Gasteiger partial charge >= 0.3 is 0 Å². The van der Waals surface area contributed by atoms with Gasteiger partial charge in [-0.15, -0.1) is 0 Å². The van der Waals surface area contributed by atoms with Crippen molar-refractivity contribution in [3.8, 4) is 5.75 Å². The molecule has 2 saturated carbocycles. The fourth-order valence-corrected chi connectivity index (χ4v) is 3.93. The molecular formula is C23H34O3. The highest BCUT2D eigenvalue weighted by atomic mass is 16.5. The van der Waals surface area contributed by atoms with E-state index < -0.39 is 0 Å². The molecule has 0 bridgehead atoms. The summed E-state index contributed by atoms with van der Waals surface area (Å²) in [4.78, 5) is 10.5. The largest absolute Gasteiger partial charge is 0.508 e. The normalized spacial score (nSPS) is 19.1. The third-order valence-corrected chi connectivity index (χ3v) is 6.43. The van der Waals surface area contributed by atoms with Gasteiger partial charge in [0.05, 0.1) is 0 Å². The standard InChI is InChI=1S/C23H34O3/c1-22(13-14-22)11-5-2-3-8-20-10-9-19(17-21(20)25)7-4-6-12-23(15-16-23)26-18-24/h9-10,17-18,25H,2-8,11-16H2,1H3. The lowest BCUT2D eigenvalue weighted by atomic mass is 9.98. The van der Waals surface area contributed by atoms with Crippen LogP contribution in [0.3, 0.4) is 0 Å². The minimum absolute atomic E-state index is 0.134. The van der Waals surface area contributed by atoms with Crippen molar-refractivity contribution in [1.29, 1.82) is 0 Å². The Labute approximate surface area is 158 Å². The molecule has 0 amide bonds. The van der Waals surface area contributed by atoms with Crippen molar-refractivity contribution >= 4 is 6.47 Å². The Morgan fingerprint density at radius 3 is 2.38 bits per heavy atom. The molecular weight excluding hydrogens is 324 g/mol. The molecule has 0 unspecified atom stereocenters. The molecule has 0 aromatic heterocycles. The molecule has 3 rings (SSSR count). The van der Waals surface area contributed by atoms with E-state index in [0.29, 0.717) is 17.6 Å². The maximum atomic E-state index is 10.5. The van der Waals surface area contributed by atoms with Crippen LogP contribution in [0.2, 0.25) is 0 Å². The predicted octanol–water partition coefficient (Wildman–Crippen LogP) is 5.71. The van der Waals surface area contributed by atoms with Gasteiger partial charge in [0.2, 0.25) is 0 Å². The van der Waals surface area contributed by atoms with Crippen LogP contribution in [0.4, 0.5) is 0 Å². The number of aryl methyl sites for hydroxylation is 2. The van der Waals surface area contributed by atoms with Gasteiger partial charge in [0.25, 0.3) is 6.47 Å². The second-order valence-electron chi connectivity index (χ2n) is 8.94. The molecule has 0 spiro atoms. The number of phenolic OH excluding ortho intramolecular Hbond substituents is 1. The molecule has 0 aliphatic heterocycles. The Morgan fingerprint density at radius 1 is 1.00 bits per heavy atom. The lowest BCUT2D eigenvalue weighted by molar-refractivity contribution is -0.135. The van der Waals surface area contributed by atoms with Gasteiger partial charge in [0.1, 0.15) is 11.4 Å². The fourth-order valence-electron chi connectivity index (χ4n) is 3.93. The number of benzene rings is 1. The first kappa shape index (κ1) is 19.3. The lowest BCUT2D eigenvalue weighted by Gasteiger charge is -2.13. The zero-order chi connectivity index (χ0) is 18.5. The first-order valence-corrected chi connectivity index (χ1v) is 10.5. The topological polar surface area (TPSA) is 46.5 Å². The van der Waals surface area contributed by atoms with E-state index in [2.05, 4.69) is 19.1 Å². The Balaban J connectivity index is 1.32. The highest BCUT2D eigenvalue weighted by Gasteiger charge is 2.44. The number of carbonyl (C=O) groups excluding carboxylic acids is 1. The van der Waals surface area contributed by atoms with E-state index in [1.807, 2.05) is 6.07 Å². The number of carbonyl (C=O) groups is 1. The van der Waals surface area contributed by atoms with E-state index in [4.69, 9.17) is 4.74 Å². The second kappa shape index (κ2) is 8.45. The minimum Gasteiger partial charge on any atom is -0.508 e. The van der Waals surface area contributed by atoms with E-state index in [1.165, 1.54) is 44.1 Å². The van der Waals surface area contributed by atoms with E-state index in [9.17, 15) is 9.90 Å². The van der Waals surface area contributed by atoms with Gasteiger partial charge in [-0.2, -0.15) is 0 Å². The van der Waals surface area contributed by atoms with Crippen LogP contribution < -0.4 is 0 Å². The number of ether oxygens (including phenoxy) is 1. The predicted molar refractivity (Wildman–Crippen MR) is 104 cm³/mol. The summed E-state index contributed by atoms with van der Waals surface area (Å²) in [5, 5.41) is 10.3. The Bertz CT molecular complexity index is 599. The van der Waals surface area contributed by atoms with Crippen molar-refractivity contribution in [3.05, 3.63) is 29.3 Å². The van der Waals surface area contributed by atoms with Gasteiger partial charge < -0.3 is 9.84 Å². The van der Waals surface area contributed by atoms with Crippen molar-refractivity contribution in [3.63, 3.8) is 0 Å². The van der Waals surface area contributed by atoms with Crippen LogP contribution in [-0.2, 0) is 22.4 Å². The Morgan fingerprint density at radius 2 is 1.73 bits per heavy atom. The van der Waals surface area contributed by atoms with Crippen LogP contribution in [0.25, 0.3) is 0 Å². The van der Waals surface area contributed by atoms with E-state index in [1.54, 1.807) is 0 Å². The maximum Gasteiger partial charge on any atom is 0.293 e. The quantitative estimate of drug-likeness (QED) is 0.363. The molecule has 1 N–H and O–H groups in total. The summed E-state index contributed by atoms with van der Waals surface area (Å²) in [7, 11) is 0. The van der Waals surface area contributed by atoms with Gasteiger partial charge in [-0.3, -0.25) is 4.79 Å². The smallest absolute Gasteiger partial charge is 0.293 e. The first-order chi connectivity index (χ1) is 12.5. The van der Waals surface area contributed by atoms with E-state index >= 15 is 0 Å². The molecule has 0 saturated heterocycles. The molecule has 2 fully saturated rings. The molecule has 2 aliphatic rings. The highest BCUT2D eigenvalue weighted by molar-refractivity contribution is 5.39. The molecule has 1 aromatic carbocycles. The van der Waals surface area contributed by atoms with Crippen LogP contribution in [0, 0.1) is 5.41 Å². The van der Waals surface area contributed by atoms with Crippen molar-refractivity contribution in [2.45, 2.75) is 96.0 Å². The number of aromatic hydroxyl groups is 1. The SMILES string of the molecule is CC1(CCCCCc2ccc(CCCCC3(OC=O)CC3)cc2O)CC1. The summed E-state index contributed by atoms with van der Waals surface area (Å²) >= 11 is 0. The molecule has 144 valence electrons. The number of hydrogen-bond acceptors (Lipinski definition) is 3. The molecule has 1 aromatic rings.